The Morgan fingerprint density at radius 1 is 1.39 bits per heavy atom. The summed E-state index contributed by atoms with van der Waals surface area (Å²) in [4.78, 5) is 21.7. The first kappa shape index (κ1) is 14.5. The molecule has 98 valence electrons. The van der Waals surface area contributed by atoms with Gasteiger partial charge in [-0.25, -0.2) is 4.79 Å². The van der Waals surface area contributed by atoms with Gasteiger partial charge in [-0.05, 0) is 17.7 Å². The minimum atomic E-state index is -0.997. The fraction of sp³-hybridized carbons (Fsp3) is 0.333. The smallest absolute Gasteiger partial charge is 0.337 e. The van der Waals surface area contributed by atoms with Crippen LogP contribution in [0.25, 0.3) is 0 Å². The molecule has 0 fully saturated rings. The molecule has 0 radical (unpaired) electrons. The van der Waals surface area contributed by atoms with Gasteiger partial charge in [-0.3, -0.25) is 4.79 Å². The molecule has 0 amide bonds. The van der Waals surface area contributed by atoms with Crippen molar-refractivity contribution in [3.63, 3.8) is 0 Å². The van der Waals surface area contributed by atoms with Crippen LogP contribution in [0.4, 0.5) is 0 Å². The van der Waals surface area contributed by atoms with Gasteiger partial charge in [0.1, 0.15) is 6.04 Å². The molecule has 1 rings (SSSR count). The molecular formula is C12H15NO4S. The summed E-state index contributed by atoms with van der Waals surface area (Å²) in [7, 11) is 1.33. The molecule has 1 atom stereocenters. The van der Waals surface area contributed by atoms with E-state index in [2.05, 4.69) is 4.74 Å². The van der Waals surface area contributed by atoms with E-state index in [9.17, 15) is 9.59 Å². The van der Waals surface area contributed by atoms with Gasteiger partial charge in [-0.2, -0.15) is 11.8 Å². The summed E-state index contributed by atoms with van der Waals surface area (Å²) >= 11 is 1.44. The fourth-order valence-electron chi connectivity index (χ4n) is 1.23. The van der Waals surface area contributed by atoms with Crippen LogP contribution in [-0.4, -0.2) is 35.9 Å². The minimum Gasteiger partial charge on any atom is -0.480 e. The Bertz CT molecular complexity index is 419. The van der Waals surface area contributed by atoms with Gasteiger partial charge in [0.25, 0.3) is 0 Å². The summed E-state index contributed by atoms with van der Waals surface area (Å²) in [6, 6.07) is 6.14. The summed E-state index contributed by atoms with van der Waals surface area (Å²) in [5.41, 5.74) is 6.88. The molecule has 1 aromatic rings. The Labute approximate surface area is 109 Å². The van der Waals surface area contributed by atoms with Crippen molar-refractivity contribution in [2.75, 3.05) is 12.9 Å². The lowest BCUT2D eigenvalue weighted by atomic mass is 10.1. The predicted molar refractivity (Wildman–Crippen MR) is 69.6 cm³/mol. The highest BCUT2D eigenvalue weighted by atomic mass is 32.2. The largest absolute Gasteiger partial charge is 0.480 e. The predicted octanol–water partition coefficient (Wildman–Crippen LogP) is 1.12. The van der Waals surface area contributed by atoms with Crippen molar-refractivity contribution < 1.29 is 19.4 Å². The van der Waals surface area contributed by atoms with E-state index in [1.165, 1.54) is 18.9 Å². The Morgan fingerprint density at radius 3 is 2.50 bits per heavy atom. The number of thioether (sulfide) groups is 1. The van der Waals surface area contributed by atoms with Crippen LogP contribution in [0.3, 0.4) is 0 Å². The monoisotopic (exact) mass is 269 g/mol. The molecule has 0 saturated heterocycles. The zero-order valence-corrected chi connectivity index (χ0v) is 10.8. The molecule has 0 unspecified atom stereocenters. The van der Waals surface area contributed by atoms with E-state index in [0.29, 0.717) is 17.1 Å². The van der Waals surface area contributed by atoms with Gasteiger partial charge < -0.3 is 15.6 Å². The maximum absolute atomic E-state index is 11.2. The van der Waals surface area contributed by atoms with E-state index in [-0.39, 0.29) is 5.97 Å². The van der Waals surface area contributed by atoms with Crippen molar-refractivity contribution in [3.8, 4) is 0 Å². The second-order valence-electron chi connectivity index (χ2n) is 3.65. The average molecular weight is 269 g/mol. The minimum absolute atomic E-state index is 0.355. The number of ether oxygens (including phenoxy) is 1. The van der Waals surface area contributed by atoms with Crippen LogP contribution in [-0.2, 0) is 15.3 Å². The third-order valence-electron chi connectivity index (χ3n) is 2.26. The second kappa shape index (κ2) is 7.03. The van der Waals surface area contributed by atoms with Crippen LogP contribution < -0.4 is 5.73 Å². The van der Waals surface area contributed by atoms with Gasteiger partial charge in [0, 0.05) is 11.5 Å². The molecule has 1 aromatic carbocycles. The van der Waals surface area contributed by atoms with E-state index in [4.69, 9.17) is 10.8 Å². The van der Waals surface area contributed by atoms with Crippen LogP contribution in [0.5, 0.6) is 0 Å². The van der Waals surface area contributed by atoms with Gasteiger partial charge >= 0.3 is 11.9 Å². The number of hydrogen-bond acceptors (Lipinski definition) is 5. The zero-order valence-electron chi connectivity index (χ0n) is 9.96. The zero-order chi connectivity index (χ0) is 13.5. The molecule has 3 N–H and O–H groups in total. The molecule has 0 saturated carbocycles. The van der Waals surface area contributed by atoms with Crippen molar-refractivity contribution in [1.29, 1.82) is 0 Å². The number of nitrogens with two attached hydrogens (primary N) is 1. The number of carboxylic acid groups (broad SMARTS) is 1. The molecule has 0 aliphatic carbocycles. The molecule has 6 heteroatoms. The maximum Gasteiger partial charge on any atom is 0.337 e. The highest BCUT2D eigenvalue weighted by Gasteiger charge is 2.11. The lowest BCUT2D eigenvalue weighted by molar-refractivity contribution is -0.137. The molecule has 0 heterocycles. The van der Waals surface area contributed by atoms with Gasteiger partial charge in [0.15, 0.2) is 0 Å². The average Bonchev–Trinajstić information content (AvgIpc) is 2.38. The molecule has 0 aliphatic rings. The summed E-state index contributed by atoms with van der Waals surface area (Å²) in [6.07, 6.45) is 0. The van der Waals surface area contributed by atoms with Gasteiger partial charge in [0.05, 0.1) is 12.7 Å². The molecule has 0 spiro atoms. The summed E-state index contributed by atoms with van der Waals surface area (Å²) < 4.78 is 4.59. The number of methoxy groups -OCH3 is 1. The summed E-state index contributed by atoms with van der Waals surface area (Å²) in [5.74, 6) is -0.359. The molecule has 0 aliphatic heterocycles. The number of rotatable bonds is 6. The summed E-state index contributed by atoms with van der Waals surface area (Å²) in [6.45, 7) is 0. The second-order valence-corrected chi connectivity index (χ2v) is 4.68. The lowest BCUT2D eigenvalue weighted by Gasteiger charge is -2.06. The van der Waals surface area contributed by atoms with Gasteiger partial charge in [-0.1, -0.05) is 12.1 Å². The van der Waals surface area contributed by atoms with Gasteiger partial charge in [-0.15, -0.1) is 0 Å². The topological polar surface area (TPSA) is 89.6 Å². The van der Waals surface area contributed by atoms with Crippen LogP contribution in [0.15, 0.2) is 24.3 Å². The van der Waals surface area contributed by atoms with E-state index in [0.717, 1.165) is 5.56 Å². The number of hydrogen-bond donors (Lipinski definition) is 2. The number of carboxylic acids is 1. The Hall–Kier alpha value is -1.53. The fourth-order valence-corrected chi connectivity index (χ4v) is 2.17. The first-order valence-electron chi connectivity index (χ1n) is 5.28. The molecule has 18 heavy (non-hydrogen) atoms. The van der Waals surface area contributed by atoms with E-state index in [1.807, 2.05) is 12.1 Å². The van der Waals surface area contributed by atoms with Crippen LogP contribution in [0.2, 0.25) is 0 Å². The Balaban J connectivity index is 2.44. The number of benzene rings is 1. The van der Waals surface area contributed by atoms with Crippen LogP contribution in [0.1, 0.15) is 15.9 Å². The van der Waals surface area contributed by atoms with E-state index < -0.39 is 12.0 Å². The normalized spacial score (nSPS) is 11.9. The number of carbonyl (C=O) groups is 2. The first-order valence-corrected chi connectivity index (χ1v) is 6.43. The SMILES string of the molecule is COC(=O)c1ccc(CSC[C@@H](N)C(=O)O)cc1. The van der Waals surface area contributed by atoms with E-state index >= 15 is 0 Å². The van der Waals surface area contributed by atoms with Crippen molar-refractivity contribution in [1.82, 2.24) is 0 Å². The van der Waals surface area contributed by atoms with Crippen molar-refractivity contribution >= 4 is 23.7 Å². The maximum atomic E-state index is 11.2. The molecular weight excluding hydrogens is 254 g/mol. The summed E-state index contributed by atoms with van der Waals surface area (Å²) in [5, 5.41) is 8.61. The molecule has 0 aromatic heterocycles. The quantitative estimate of drug-likeness (QED) is 0.752. The van der Waals surface area contributed by atoms with Crippen LogP contribution in [0, 0.1) is 0 Å². The van der Waals surface area contributed by atoms with Crippen LogP contribution >= 0.6 is 11.8 Å². The number of aliphatic carboxylic acids is 1. The van der Waals surface area contributed by atoms with E-state index in [1.54, 1.807) is 12.1 Å². The lowest BCUT2D eigenvalue weighted by Crippen LogP contribution is -2.32. The number of esters is 1. The van der Waals surface area contributed by atoms with Crippen molar-refractivity contribution in [3.05, 3.63) is 35.4 Å². The van der Waals surface area contributed by atoms with Crippen molar-refractivity contribution in [2.45, 2.75) is 11.8 Å². The number of carbonyl (C=O) groups excluding carboxylic acids is 1. The Morgan fingerprint density at radius 2 is 2.00 bits per heavy atom. The highest BCUT2D eigenvalue weighted by Crippen LogP contribution is 2.14. The third-order valence-corrected chi connectivity index (χ3v) is 3.39. The van der Waals surface area contributed by atoms with Crippen molar-refractivity contribution in [2.24, 2.45) is 5.73 Å². The van der Waals surface area contributed by atoms with Gasteiger partial charge in [0.2, 0.25) is 0 Å². The molecule has 5 nitrogen and oxygen atoms in total. The standard InChI is InChI=1S/C12H15NO4S/c1-17-12(16)9-4-2-8(3-5-9)6-18-7-10(13)11(14)15/h2-5,10H,6-7,13H2,1H3,(H,14,15)/t10-/m1/s1. The molecule has 0 bridgehead atoms. The Kier molecular flexibility index (Phi) is 5.67. The first-order chi connectivity index (χ1) is 8.54. The highest BCUT2D eigenvalue weighted by molar-refractivity contribution is 7.98. The third kappa shape index (κ3) is 4.38.